The Morgan fingerprint density at radius 3 is 2.47 bits per heavy atom. The summed E-state index contributed by atoms with van der Waals surface area (Å²) in [5, 5.41) is 11.5. The van der Waals surface area contributed by atoms with Crippen LogP contribution in [0, 0.1) is 5.82 Å². The molecule has 6 heteroatoms. The number of carbonyl (C=O) groups excluding carboxylic acids is 2. The number of nitrogens with zero attached hydrogens (tertiary/aromatic N) is 1. The molecule has 1 atom stereocenters. The summed E-state index contributed by atoms with van der Waals surface area (Å²) in [5.74, 6) is -2.00. The summed E-state index contributed by atoms with van der Waals surface area (Å²) in [5.41, 5.74) is 1.12. The summed E-state index contributed by atoms with van der Waals surface area (Å²) >= 11 is 0. The van der Waals surface area contributed by atoms with Gasteiger partial charge in [0, 0.05) is 11.4 Å². The molecule has 1 saturated carbocycles. The first-order chi connectivity index (χ1) is 14.5. The quantitative estimate of drug-likeness (QED) is 0.614. The van der Waals surface area contributed by atoms with Crippen molar-refractivity contribution in [1.82, 2.24) is 4.90 Å². The molecular weight excluding hydrogens is 385 g/mol. The number of hydrogen-bond acceptors (Lipinski definition) is 4. The molecule has 30 heavy (non-hydrogen) atoms. The first kappa shape index (κ1) is 18.6. The lowest BCUT2D eigenvalue weighted by Gasteiger charge is -2.32. The van der Waals surface area contributed by atoms with Crippen LogP contribution in [0.5, 0.6) is 0 Å². The molecule has 0 bridgehead atoms. The number of hydrogen-bond donors (Lipinski definition) is 1. The van der Waals surface area contributed by atoms with Gasteiger partial charge in [-0.15, -0.1) is 0 Å². The van der Waals surface area contributed by atoms with Crippen LogP contribution < -0.4 is 0 Å². The molecule has 5 nitrogen and oxygen atoms in total. The van der Waals surface area contributed by atoms with Crippen molar-refractivity contribution in [1.29, 1.82) is 0 Å². The minimum atomic E-state index is -0.776. The molecule has 2 aliphatic rings. The Kier molecular flexibility index (Phi) is 4.42. The lowest BCUT2D eigenvalue weighted by Crippen LogP contribution is -2.38. The van der Waals surface area contributed by atoms with Crippen LogP contribution in [0.1, 0.15) is 47.8 Å². The number of fused-ring (bicyclic) bond motifs is 1. The number of carbonyl (C=O) groups is 2. The van der Waals surface area contributed by atoms with Gasteiger partial charge in [0.25, 0.3) is 5.91 Å². The van der Waals surface area contributed by atoms with Gasteiger partial charge < -0.3 is 14.4 Å². The van der Waals surface area contributed by atoms with Gasteiger partial charge in [-0.05, 0) is 42.7 Å². The van der Waals surface area contributed by atoms with Gasteiger partial charge in [-0.1, -0.05) is 43.2 Å². The molecule has 1 aliphatic carbocycles. The number of aliphatic hydroxyl groups excluding tert-OH is 1. The number of rotatable bonds is 4. The van der Waals surface area contributed by atoms with E-state index < -0.39 is 29.3 Å². The average Bonchev–Trinajstić information content (AvgIpc) is 3.47. The summed E-state index contributed by atoms with van der Waals surface area (Å²) < 4.78 is 19.2. The standard InChI is InChI=1S/C24H20FNO4/c25-16-11-9-14(10-12-16)21-20(23(28)24(29)26(21)17-6-2-3-7-17)22(27)19-13-15-5-1-4-8-18(15)30-19/h1,4-5,8-13,17,21,28H,2-3,6-7H2. The third-order valence-electron chi connectivity index (χ3n) is 6.04. The Labute approximate surface area is 172 Å². The molecule has 0 spiro atoms. The molecule has 2 heterocycles. The van der Waals surface area contributed by atoms with Gasteiger partial charge in [0.05, 0.1) is 11.6 Å². The molecule has 2 aromatic carbocycles. The van der Waals surface area contributed by atoms with Crippen molar-refractivity contribution in [3.8, 4) is 0 Å². The number of para-hydroxylation sites is 1. The second-order valence-corrected chi connectivity index (χ2v) is 7.84. The predicted molar refractivity (Wildman–Crippen MR) is 108 cm³/mol. The Morgan fingerprint density at radius 2 is 1.77 bits per heavy atom. The Bertz CT molecular complexity index is 1140. The predicted octanol–water partition coefficient (Wildman–Crippen LogP) is 5.09. The van der Waals surface area contributed by atoms with E-state index in [1.807, 2.05) is 12.1 Å². The Morgan fingerprint density at radius 1 is 1.07 bits per heavy atom. The number of ketones is 1. The lowest BCUT2D eigenvalue weighted by atomic mass is 9.94. The molecule has 152 valence electrons. The highest BCUT2D eigenvalue weighted by Gasteiger charge is 2.47. The fourth-order valence-electron chi connectivity index (χ4n) is 4.61. The van der Waals surface area contributed by atoms with E-state index in [0.29, 0.717) is 11.1 Å². The molecule has 1 N–H and O–H groups in total. The van der Waals surface area contributed by atoms with E-state index in [0.717, 1.165) is 31.1 Å². The largest absolute Gasteiger partial charge is 0.503 e. The number of halogens is 1. The van der Waals surface area contributed by atoms with Gasteiger partial charge in [-0.3, -0.25) is 9.59 Å². The van der Waals surface area contributed by atoms with Gasteiger partial charge in [0.15, 0.2) is 11.5 Å². The number of Topliss-reactive ketones (excluding diaryl/α,β-unsaturated/α-hetero) is 1. The van der Waals surface area contributed by atoms with Gasteiger partial charge in [-0.2, -0.15) is 0 Å². The minimum absolute atomic E-state index is 0.0161. The second kappa shape index (κ2) is 7.13. The Hall–Kier alpha value is -3.41. The van der Waals surface area contributed by atoms with E-state index in [1.165, 1.54) is 12.1 Å². The van der Waals surface area contributed by atoms with Crippen molar-refractivity contribution in [3.63, 3.8) is 0 Å². The van der Waals surface area contributed by atoms with Crippen molar-refractivity contribution in [2.45, 2.75) is 37.8 Å². The topological polar surface area (TPSA) is 70.8 Å². The maximum atomic E-state index is 13.5. The van der Waals surface area contributed by atoms with Crippen LogP contribution in [0.15, 0.2) is 70.3 Å². The van der Waals surface area contributed by atoms with Crippen molar-refractivity contribution < 1.29 is 23.5 Å². The van der Waals surface area contributed by atoms with E-state index in [9.17, 15) is 19.1 Å². The molecule has 1 amide bonds. The zero-order valence-corrected chi connectivity index (χ0v) is 16.2. The van der Waals surface area contributed by atoms with E-state index in [1.54, 1.807) is 35.2 Å². The van der Waals surface area contributed by atoms with Crippen LogP contribution in [-0.2, 0) is 4.79 Å². The lowest BCUT2D eigenvalue weighted by molar-refractivity contribution is -0.131. The Balaban J connectivity index is 1.62. The van der Waals surface area contributed by atoms with Gasteiger partial charge >= 0.3 is 0 Å². The maximum Gasteiger partial charge on any atom is 0.290 e. The minimum Gasteiger partial charge on any atom is -0.503 e. The molecule has 1 aromatic heterocycles. The monoisotopic (exact) mass is 405 g/mol. The van der Waals surface area contributed by atoms with Crippen LogP contribution in [0.3, 0.4) is 0 Å². The molecule has 1 fully saturated rings. The average molecular weight is 405 g/mol. The van der Waals surface area contributed by atoms with Gasteiger partial charge in [-0.25, -0.2) is 4.39 Å². The van der Waals surface area contributed by atoms with Crippen molar-refractivity contribution in [3.05, 3.63) is 83.1 Å². The van der Waals surface area contributed by atoms with Gasteiger partial charge in [0.2, 0.25) is 5.78 Å². The number of aliphatic hydroxyl groups is 1. The molecular formula is C24H20FNO4. The van der Waals surface area contributed by atoms with Crippen LogP contribution >= 0.6 is 0 Å². The first-order valence-electron chi connectivity index (χ1n) is 10.1. The van der Waals surface area contributed by atoms with Crippen molar-refractivity contribution >= 4 is 22.7 Å². The second-order valence-electron chi connectivity index (χ2n) is 7.84. The summed E-state index contributed by atoms with van der Waals surface area (Å²) in [4.78, 5) is 28.0. The zero-order valence-electron chi connectivity index (χ0n) is 16.2. The summed E-state index contributed by atoms with van der Waals surface area (Å²) in [6.45, 7) is 0. The van der Waals surface area contributed by atoms with Crippen LogP contribution in [0.25, 0.3) is 11.0 Å². The normalized spacial score (nSPS) is 20.0. The smallest absolute Gasteiger partial charge is 0.290 e. The fraction of sp³-hybridized carbons (Fsp3) is 0.250. The van der Waals surface area contributed by atoms with E-state index in [-0.39, 0.29) is 17.4 Å². The van der Waals surface area contributed by atoms with Crippen molar-refractivity contribution in [2.75, 3.05) is 0 Å². The van der Waals surface area contributed by atoms with Crippen LogP contribution in [0.4, 0.5) is 4.39 Å². The van der Waals surface area contributed by atoms with Crippen molar-refractivity contribution in [2.24, 2.45) is 0 Å². The van der Waals surface area contributed by atoms with E-state index in [2.05, 4.69) is 0 Å². The molecule has 1 aliphatic heterocycles. The molecule has 3 aromatic rings. The SMILES string of the molecule is O=C(C1=C(O)C(=O)N(C2CCCC2)C1c1ccc(F)cc1)c1cc2ccccc2o1. The van der Waals surface area contributed by atoms with Crippen LogP contribution in [0.2, 0.25) is 0 Å². The number of furan rings is 1. The highest BCUT2D eigenvalue weighted by atomic mass is 19.1. The van der Waals surface area contributed by atoms with E-state index >= 15 is 0 Å². The summed E-state index contributed by atoms with van der Waals surface area (Å²) in [6, 6.07) is 13.7. The molecule has 5 rings (SSSR count). The number of benzene rings is 2. The fourth-order valence-corrected chi connectivity index (χ4v) is 4.61. The third-order valence-corrected chi connectivity index (χ3v) is 6.04. The zero-order chi connectivity index (χ0) is 20.8. The van der Waals surface area contributed by atoms with E-state index in [4.69, 9.17) is 4.42 Å². The molecule has 1 unspecified atom stereocenters. The number of amides is 1. The molecule has 0 radical (unpaired) electrons. The maximum absolute atomic E-state index is 13.5. The highest BCUT2D eigenvalue weighted by Crippen LogP contribution is 2.43. The molecule has 0 saturated heterocycles. The summed E-state index contributed by atoms with van der Waals surface area (Å²) in [7, 11) is 0. The third kappa shape index (κ3) is 2.91. The van der Waals surface area contributed by atoms with Gasteiger partial charge in [0.1, 0.15) is 11.4 Å². The highest BCUT2D eigenvalue weighted by molar-refractivity contribution is 6.16. The first-order valence-corrected chi connectivity index (χ1v) is 10.1. The summed E-state index contributed by atoms with van der Waals surface area (Å²) in [6.07, 6.45) is 3.59. The van der Waals surface area contributed by atoms with Crippen LogP contribution in [-0.4, -0.2) is 27.7 Å².